The van der Waals surface area contributed by atoms with E-state index in [1.807, 2.05) is 12.1 Å². The highest BCUT2D eigenvalue weighted by molar-refractivity contribution is 5.70. The number of rotatable bonds is 7. The largest absolute Gasteiger partial charge is 0.481 e. The van der Waals surface area contributed by atoms with E-state index in [2.05, 4.69) is 12.2 Å². The minimum absolute atomic E-state index is 0.167. The number of aliphatic hydroxyl groups is 1. The Hall–Kier alpha value is -1.46. The third-order valence-electron chi connectivity index (χ3n) is 4.54. The summed E-state index contributed by atoms with van der Waals surface area (Å²) < 4.78 is 13.0. The van der Waals surface area contributed by atoms with Gasteiger partial charge in [0.05, 0.1) is 5.92 Å². The summed E-state index contributed by atoms with van der Waals surface area (Å²) in [6, 6.07) is 7.08. The van der Waals surface area contributed by atoms with Crippen LogP contribution in [0.15, 0.2) is 24.3 Å². The molecule has 142 valence electrons. The van der Waals surface area contributed by atoms with Crippen LogP contribution in [0.4, 0.5) is 4.39 Å². The minimum Gasteiger partial charge on any atom is -0.481 e. The molecule has 1 fully saturated rings. The fourth-order valence-electron chi connectivity index (χ4n) is 3.19. The van der Waals surface area contributed by atoms with Crippen molar-refractivity contribution >= 4 is 5.97 Å². The second-order valence-electron chi connectivity index (χ2n) is 7.04. The highest BCUT2D eigenvalue weighted by atomic mass is 19.1. The Morgan fingerprint density at radius 2 is 1.88 bits per heavy atom. The number of carboxylic acids is 1. The second kappa shape index (κ2) is 11.2. The van der Waals surface area contributed by atoms with Gasteiger partial charge >= 0.3 is 5.97 Å². The highest BCUT2D eigenvalue weighted by Gasteiger charge is 2.29. The normalized spacial score (nSPS) is 20.9. The molecule has 25 heavy (non-hydrogen) atoms. The SMILES string of the molecule is CC(C)O.CCC(CCNC1CC[C@H](C(=O)O)C1)c1ccc(F)cc1. The lowest BCUT2D eigenvalue weighted by Gasteiger charge is -2.18. The van der Waals surface area contributed by atoms with E-state index in [1.165, 1.54) is 17.7 Å². The molecule has 0 saturated heterocycles. The molecular weight excluding hydrogens is 321 g/mol. The predicted molar refractivity (Wildman–Crippen MR) is 98.2 cm³/mol. The summed E-state index contributed by atoms with van der Waals surface area (Å²) in [5.74, 6) is -0.620. The average molecular weight is 353 g/mol. The Balaban J connectivity index is 0.000000705. The molecule has 3 atom stereocenters. The van der Waals surface area contributed by atoms with Gasteiger partial charge in [0, 0.05) is 12.1 Å². The van der Waals surface area contributed by atoms with Crippen LogP contribution in [-0.4, -0.2) is 34.9 Å². The predicted octanol–water partition coefficient (Wildman–Crippen LogP) is 3.94. The molecule has 0 heterocycles. The van der Waals surface area contributed by atoms with Gasteiger partial charge in [0.25, 0.3) is 0 Å². The summed E-state index contributed by atoms with van der Waals surface area (Å²) in [7, 11) is 0. The van der Waals surface area contributed by atoms with Crippen molar-refractivity contribution in [3.05, 3.63) is 35.6 Å². The molecular formula is C20H32FNO3. The van der Waals surface area contributed by atoms with Gasteiger partial charge in [-0.1, -0.05) is 19.1 Å². The third-order valence-corrected chi connectivity index (χ3v) is 4.54. The molecule has 1 saturated carbocycles. The maximum absolute atomic E-state index is 13.0. The fraction of sp³-hybridized carbons (Fsp3) is 0.650. The van der Waals surface area contributed by atoms with Gasteiger partial charge in [0.2, 0.25) is 0 Å². The van der Waals surface area contributed by atoms with Crippen molar-refractivity contribution in [2.24, 2.45) is 5.92 Å². The quantitative estimate of drug-likeness (QED) is 0.694. The third kappa shape index (κ3) is 8.45. The number of nitrogens with one attached hydrogen (secondary N) is 1. The first-order valence-corrected chi connectivity index (χ1v) is 9.23. The van der Waals surface area contributed by atoms with Crippen molar-refractivity contribution in [3.8, 4) is 0 Å². The zero-order valence-corrected chi connectivity index (χ0v) is 15.5. The first-order chi connectivity index (χ1) is 11.8. The molecule has 1 aromatic carbocycles. The van der Waals surface area contributed by atoms with E-state index in [0.29, 0.717) is 12.0 Å². The van der Waals surface area contributed by atoms with Crippen LogP contribution in [0.2, 0.25) is 0 Å². The van der Waals surface area contributed by atoms with Gasteiger partial charge < -0.3 is 15.5 Å². The van der Waals surface area contributed by atoms with E-state index in [-0.39, 0.29) is 17.8 Å². The van der Waals surface area contributed by atoms with Gasteiger partial charge in [-0.2, -0.15) is 0 Å². The Kier molecular flexibility index (Phi) is 9.68. The van der Waals surface area contributed by atoms with E-state index in [0.717, 1.165) is 38.6 Å². The maximum Gasteiger partial charge on any atom is 0.306 e. The summed E-state index contributed by atoms with van der Waals surface area (Å²) in [4.78, 5) is 10.9. The molecule has 1 aliphatic carbocycles. The van der Waals surface area contributed by atoms with Crippen LogP contribution in [0.3, 0.4) is 0 Å². The molecule has 0 aromatic heterocycles. The van der Waals surface area contributed by atoms with Crippen LogP contribution < -0.4 is 5.32 Å². The highest BCUT2D eigenvalue weighted by Crippen LogP contribution is 2.27. The lowest BCUT2D eigenvalue weighted by molar-refractivity contribution is -0.141. The van der Waals surface area contributed by atoms with Crippen LogP contribution in [0.25, 0.3) is 0 Å². The molecule has 4 nitrogen and oxygen atoms in total. The van der Waals surface area contributed by atoms with Gasteiger partial charge in [-0.3, -0.25) is 4.79 Å². The first-order valence-electron chi connectivity index (χ1n) is 9.23. The van der Waals surface area contributed by atoms with Crippen molar-refractivity contribution < 1.29 is 19.4 Å². The molecule has 0 spiro atoms. The monoisotopic (exact) mass is 353 g/mol. The second-order valence-corrected chi connectivity index (χ2v) is 7.04. The standard InChI is InChI=1S/C17H24FNO2.C3H8O/c1-2-12(13-3-6-15(18)7-4-13)9-10-19-16-8-5-14(11-16)17(20)21;1-3(2)4/h3-4,6-7,12,14,16,19H,2,5,8-11H2,1H3,(H,20,21);3-4H,1-2H3/t12?,14-,16?;/m0./s1. The molecule has 1 aromatic rings. The lowest BCUT2D eigenvalue weighted by atomic mass is 9.93. The molecule has 2 rings (SSSR count). The molecule has 1 aliphatic rings. The van der Waals surface area contributed by atoms with Gasteiger partial charge in [0.15, 0.2) is 0 Å². The Morgan fingerprint density at radius 1 is 1.28 bits per heavy atom. The Labute approximate surface area is 150 Å². The Morgan fingerprint density at radius 3 is 2.36 bits per heavy atom. The molecule has 0 amide bonds. The van der Waals surface area contributed by atoms with Gasteiger partial charge in [-0.25, -0.2) is 4.39 Å². The molecule has 0 aliphatic heterocycles. The van der Waals surface area contributed by atoms with E-state index in [9.17, 15) is 9.18 Å². The fourth-order valence-corrected chi connectivity index (χ4v) is 3.19. The van der Waals surface area contributed by atoms with E-state index >= 15 is 0 Å². The van der Waals surface area contributed by atoms with Crippen molar-refractivity contribution in [1.29, 1.82) is 0 Å². The smallest absolute Gasteiger partial charge is 0.306 e. The summed E-state index contributed by atoms with van der Waals surface area (Å²) in [6.07, 6.45) is 4.32. The summed E-state index contributed by atoms with van der Waals surface area (Å²) in [5.41, 5.74) is 1.18. The summed E-state index contributed by atoms with van der Waals surface area (Å²) >= 11 is 0. The molecule has 2 unspecified atom stereocenters. The van der Waals surface area contributed by atoms with Crippen LogP contribution in [-0.2, 0) is 4.79 Å². The number of benzene rings is 1. The van der Waals surface area contributed by atoms with E-state index in [4.69, 9.17) is 10.2 Å². The minimum atomic E-state index is -0.669. The number of hydrogen-bond donors (Lipinski definition) is 3. The van der Waals surface area contributed by atoms with E-state index < -0.39 is 5.97 Å². The van der Waals surface area contributed by atoms with Crippen LogP contribution in [0.1, 0.15) is 64.4 Å². The van der Waals surface area contributed by atoms with Gasteiger partial charge in [0.1, 0.15) is 5.82 Å². The van der Waals surface area contributed by atoms with Gasteiger partial charge in [-0.15, -0.1) is 0 Å². The molecule has 0 bridgehead atoms. The van der Waals surface area contributed by atoms with Crippen LogP contribution in [0, 0.1) is 11.7 Å². The Bertz CT molecular complexity index is 501. The van der Waals surface area contributed by atoms with Crippen LogP contribution >= 0.6 is 0 Å². The molecule has 5 heteroatoms. The topological polar surface area (TPSA) is 69.6 Å². The van der Waals surface area contributed by atoms with Gasteiger partial charge in [-0.05, 0) is 76.1 Å². The lowest BCUT2D eigenvalue weighted by Crippen LogP contribution is -2.29. The number of carboxylic acid groups (broad SMARTS) is 1. The van der Waals surface area contributed by atoms with Crippen molar-refractivity contribution in [1.82, 2.24) is 5.32 Å². The van der Waals surface area contributed by atoms with Crippen molar-refractivity contribution in [2.45, 2.75) is 70.9 Å². The van der Waals surface area contributed by atoms with Crippen molar-refractivity contribution in [3.63, 3.8) is 0 Å². The number of aliphatic hydroxyl groups excluding tert-OH is 1. The molecule has 0 radical (unpaired) electrons. The summed E-state index contributed by atoms with van der Waals surface area (Å²) in [5, 5.41) is 20.5. The summed E-state index contributed by atoms with van der Waals surface area (Å²) in [6.45, 7) is 6.47. The van der Waals surface area contributed by atoms with Crippen LogP contribution in [0.5, 0.6) is 0 Å². The first kappa shape index (κ1) is 21.6. The van der Waals surface area contributed by atoms with E-state index in [1.54, 1.807) is 13.8 Å². The molecule has 3 N–H and O–H groups in total. The zero-order chi connectivity index (χ0) is 18.8. The number of halogens is 1. The number of carbonyl (C=O) groups is 1. The van der Waals surface area contributed by atoms with Crippen molar-refractivity contribution in [2.75, 3.05) is 6.54 Å². The number of aliphatic carboxylic acids is 1. The number of hydrogen-bond acceptors (Lipinski definition) is 3. The maximum atomic E-state index is 13.0. The zero-order valence-electron chi connectivity index (χ0n) is 15.5. The average Bonchev–Trinajstić information content (AvgIpc) is 3.01.